The molecule has 1 aliphatic rings. The number of sulfonamides is 1. The van der Waals surface area contributed by atoms with Gasteiger partial charge in [-0.3, -0.25) is 9.59 Å². The van der Waals surface area contributed by atoms with Crippen LogP contribution in [0.2, 0.25) is 0 Å². The Kier molecular flexibility index (Phi) is 5.81. The predicted octanol–water partition coefficient (Wildman–Crippen LogP) is 3.09. The molecule has 0 radical (unpaired) electrons. The highest BCUT2D eigenvalue weighted by molar-refractivity contribution is 7.89. The van der Waals surface area contributed by atoms with E-state index < -0.39 is 45.6 Å². The largest absolute Gasteiger partial charge is 0.274 e. The SMILES string of the molecule is CCC(C)N(C1CC(=O)N(c2ccc(F)cc2)C1=O)S(=O)(=O)c1ccc(F)cc1. The van der Waals surface area contributed by atoms with Crippen molar-refractivity contribution in [1.29, 1.82) is 0 Å². The van der Waals surface area contributed by atoms with Gasteiger partial charge in [-0.25, -0.2) is 22.1 Å². The first-order valence-electron chi connectivity index (χ1n) is 9.08. The number of anilines is 1. The average Bonchev–Trinajstić information content (AvgIpc) is 2.96. The van der Waals surface area contributed by atoms with Crippen LogP contribution in [0.3, 0.4) is 0 Å². The van der Waals surface area contributed by atoms with E-state index in [0.717, 1.165) is 45.6 Å². The zero-order valence-electron chi connectivity index (χ0n) is 15.9. The van der Waals surface area contributed by atoms with Gasteiger partial charge < -0.3 is 0 Å². The fourth-order valence-electron chi connectivity index (χ4n) is 3.30. The molecule has 154 valence electrons. The summed E-state index contributed by atoms with van der Waals surface area (Å²) in [6.07, 6.45) is 0.0654. The third kappa shape index (κ3) is 3.92. The van der Waals surface area contributed by atoms with E-state index in [9.17, 15) is 26.8 Å². The Morgan fingerprint density at radius 1 is 1.03 bits per heavy atom. The highest BCUT2D eigenvalue weighted by Gasteiger charge is 2.48. The van der Waals surface area contributed by atoms with Crippen molar-refractivity contribution in [3.8, 4) is 0 Å². The highest BCUT2D eigenvalue weighted by atomic mass is 32.2. The third-order valence-electron chi connectivity index (χ3n) is 4.93. The van der Waals surface area contributed by atoms with Crippen LogP contribution in [0.5, 0.6) is 0 Å². The van der Waals surface area contributed by atoms with Crippen molar-refractivity contribution in [2.75, 3.05) is 4.90 Å². The van der Waals surface area contributed by atoms with Crippen molar-refractivity contribution in [2.45, 2.75) is 43.7 Å². The van der Waals surface area contributed by atoms with E-state index in [2.05, 4.69) is 0 Å². The van der Waals surface area contributed by atoms with Crippen molar-refractivity contribution in [1.82, 2.24) is 4.31 Å². The van der Waals surface area contributed by atoms with Gasteiger partial charge in [0.15, 0.2) is 0 Å². The van der Waals surface area contributed by atoms with Gasteiger partial charge in [0.2, 0.25) is 15.9 Å². The number of hydrogen-bond donors (Lipinski definition) is 0. The number of hydrogen-bond acceptors (Lipinski definition) is 4. The molecule has 2 atom stereocenters. The summed E-state index contributed by atoms with van der Waals surface area (Å²) in [5, 5.41) is 0. The lowest BCUT2D eigenvalue weighted by Crippen LogP contribution is -2.49. The van der Waals surface area contributed by atoms with Gasteiger partial charge in [-0.15, -0.1) is 0 Å². The van der Waals surface area contributed by atoms with Gasteiger partial charge in [0.05, 0.1) is 17.0 Å². The first-order valence-corrected chi connectivity index (χ1v) is 10.5. The van der Waals surface area contributed by atoms with E-state index in [-0.39, 0.29) is 17.0 Å². The maximum absolute atomic E-state index is 13.2. The van der Waals surface area contributed by atoms with Gasteiger partial charge in [0.25, 0.3) is 5.91 Å². The smallest absolute Gasteiger partial charge is 0.252 e. The van der Waals surface area contributed by atoms with E-state index in [1.807, 2.05) is 0 Å². The van der Waals surface area contributed by atoms with E-state index >= 15 is 0 Å². The topological polar surface area (TPSA) is 74.8 Å². The van der Waals surface area contributed by atoms with Crippen LogP contribution in [0.1, 0.15) is 26.7 Å². The number of carbonyl (C=O) groups is 2. The van der Waals surface area contributed by atoms with Crippen LogP contribution in [0.4, 0.5) is 14.5 Å². The van der Waals surface area contributed by atoms with Gasteiger partial charge in [-0.2, -0.15) is 4.31 Å². The fraction of sp³-hybridized carbons (Fsp3) is 0.300. The van der Waals surface area contributed by atoms with Crippen LogP contribution in [0, 0.1) is 11.6 Å². The number of benzene rings is 2. The van der Waals surface area contributed by atoms with Crippen LogP contribution in [-0.2, 0) is 19.6 Å². The second-order valence-corrected chi connectivity index (χ2v) is 8.65. The minimum absolute atomic E-state index is 0.167. The molecule has 2 amide bonds. The second kappa shape index (κ2) is 8.00. The van der Waals surface area contributed by atoms with E-state index in [0.29, 0.717) is 6.42 Å². The van der Waals surface area contributed by atoms with E-state index in [1.54, 1.807) is 13.8 Å². The van der Waals surface area contributed by atoms with E-state index in [1.165, 1.54) is 12.1 Å². The monoisotopic (exact) mass is 422 g/mol. The van der Waals surface area contributed by atoms with Gasteiger partial charge in [0, 0.05) is 6.04 Å². The van der Waals surface area contributed by atoms with Crippen molar-refractivity contribution < 1.29 is 26.8 Å². The molecule has 3 rings (SSSR count). The summed E-state index contributed by atoms with van der Waals surface area (Å²) in [6, 6.07) is 7.28. The molecule has 6 nitrogen and oxygen atoms in total. The summed E-state index contributed by atoms with van der Waals surface area (Å²) in [5.41, 5.74) is 0.173. The van der Waals surface area contributed by atoms with Crippen molar-refractivity contribution >= 4 is 27.5 Å². The number of carbonyl (C=O) groups excluding carboxylic acids is 2. The molecule has 1 aliphatic heterocycles. The lowest BCUT2D eigenvalue weighted by Gasteiger charge is -2.31. The number of halogens is 2. The molecule has 29 heavy (non-hydrogen) atoms. The summed E-state index contributed by atoms with van der Waals surface area (Å²) in [6.45, 7) is 3.40. The van der Waals surface area contributed by atoms with Crippen molar-refractivity contribution in [3.63, 3.8) is 0 Å². The Labute approximate surface area is 167 Å². The Hall–Kier alpha value is -2.65. The first-order chi connectivity index (χ1) is 13.7. The molecule has 0 saturated carbocycles. The Balaban J connectivity index is 2.01. The maximum atomic E-state index is 13.2. The lowest BCUT2D eigenvalue weighted by atomic mass is 10.2. The number of rotatable bonds is 6. The molecule has 0 spiro atoms. The number of nitrogens with zero attached hydrogens (tertiary/aromatic N) is 2. The Bertz CT molecular complexity index is 1020. The number of amides is 2. The maximum Gasteiger partial charge on any atom is 0.252 e. The molecule has 9 heteroatoms. The van der Waals surface area contributed by atoms with Crippen LogP contribution >= 0.6 is 0 Å². The zero-order valence-corrected chi connectivity index (χ0v) is 16.7. The van der Waals surface area contributed by atoms with Crippen LogP contribution < -0.4 is 4.90 Å². The minimum Gasteiger partial charge on any atom is -0.274 e. The standard InChI is InChI=1S/C20H20F2N2O4S/c1-3-13(2)24(29(27,28)17-10-6-15(22)7-11-17)18-12-19(25)23(20(18)26)16-8-4-14(21)5-9-16/h4-11,13,18H,3,12H2,1-2H3. The summed E-state index contributed by atoms with van der Waals surface area (Å²) in [5.74, 6) is -2.39. The van der Waals surface area contributed by atoms with Crippen molar-refractivity contribution in [3.05, 3.63) is 60.2 Å². The molecular formula is C20H20F2N2O4S. The van der Waals surface area contributed by atoms with Crippen LogP contribution in [0.25, 0.3) is 0 Å². The molecule has 0 aliphatic carbocycles. The fourth-order valence-corrected chi connectivity index (χ4v) is 5.14. The van der Waals surface area contributed by atoms with Gasteiger partial charge in [-0.1, -0.05) is 6.92 Å². The zero-order chi connectivity index (χ0) is 21.3. The quantitative estimate of drug-likeness (QED) is 0.671. The van der Waals surface area contributed by atoms with E-state index in [4.69, 9.17) is 0 Å². The molecule has 0 bridgehead atoms. The summed E-state index contributed by atoms with van der Waals surface area (Å²) < 4.78 is 53.9. The average molecular weight is 422 g/mol. The second-order valence-electron chi connectivity index (χ2n) is 6.81. The van der Waals surface area contributed by atoms with Crippen molar-refractivity contribution in [2.24, 2.45) is 0 Å². The molecule has 2 unspecified atom stereocenters. The minimum atomic E-state index is -4.17. The third-order valence-corrected chi connectivity index (χ3v) is 6.97. The Morgan fingerprint density at radius 3 is 2.07 bits per heavy atom. The Morgan fingerprint density at radius 2 is 1.55 bits per heavy atom. The molecule has 1 fully saturated rings. The van der Waals surface area contributed by atoms with Crippen LogP contribution in [0.15, 0.2) is 53.4 Å². The number of imide groups is 1. The molecular weight excluding hydrogens is 402 g/mol. The van der Waals surface area contributed by atoms with Gasteiger partial charge in [-0.05, 0) is 61.9 Å². The summed E-state index contributed by atoms with van der Waals surface area (Å²) in [4.78, 5) is 26.3. The lowest BCUT2D eigenvalue weighted by molar-refractivity contribution is -0.122. The normalized spacial score (nSPS) is 18.5. The summed E-state index contributed by atoms with van der Waals surface area (Å²) in [7, 11) is -4.17. The molecule has 2 aromatic rings. The molecule has 0 aromatic heterocycles. The summed E-state index contributed by atoms with van der Waals surface area (Å²) >= 11 is 0. The highest BCUT2D eigenvalue weighted by Crippen LogP contribution is 2.31. The molecule has 1 heterocycles. The molecule has 0 N–H and O–H groups in total. The van der Waals surface area contributed by atoms with Gasteiger partial charge >= 0.3 is 0 Å². The van der Waals surface area contributed by atoms with Gasteiger partial charge in [0.1, 0.15) is 17.7 Å². The predicted molar refractivity (Wildman–Crippen MR) is 102 cm³/mol. The molecule has 1 saturated heterocycles. The van der Waals surface area contributed by atoms with Crippen LogP contribution in [-0.4, -0.2) is 36.6 Å². The molecule has 2 aromatic carbocycles. The first kappa shape index (κ1) is 21.1.